The number of nitrogens with one attached hydrogen (secondary N) is 3. The molecule has 8 nitrogen and oxygen atoms in total. The van der Waals surface area contributed by atoms with Gasteiger partial charge >= 0.3 is 6.03 Å². The van der Waals surface area contributed by atoms with Gasteiger partial charge in [-0.25, -0.2) is 4.79 Å². The minimum Gasteiger partial charge on any atom is -0.342 e. The van der Waals surface area contributed by atoms with Gasteiger partial charge in [-0.3, -0.25) is 9.59 Å². The van der Waals surface area contributed by atoms with Crippen LogP contribution in [0.3, 0.4) is 0 Å². The van der Waals surface area contributed by atoms with E-state index >= 15 is 0 Å². The zero-order valence-electron chi connectivity index (χ0n) is 20.8. The first-order chi connectivity index (χ1) is 16.5. The van der Waals surface area contributed by atoms with Crippen LogP contribution in [0.2, 0.25) is 0 Å². The molecule has 2 saturated heterocycles. The second kappa shape index (κ2) is 12.7. The molecule has 1 aromatic carbocycles. The average molecular weight is 472 g/mol. The molecule has 1 spiro atoms. The Kier molecular flexibility index (Phi) is 9.74. The third-order valence-electron chi connectivity index (χ3n) is 7.04. The fourth-order valence-electron chi connectivity index (χ4n) is 5.09. The van der Waals surface area contributed by atoms with Crippen LogP contribution >= 0.6 is 0 Å². The molecule has 1 atom stereocenters. The summed E-state index contributed by atoms with van der Waals surface area (Å²) in [5, 5.41) is 8.56. The first-order valence-electron chi connectivity index (χ1n) is 12.9. The van der Waals surface area contributed by atoms with E-state index in [0.29, 0.717) is 38.9 Å². The summed E-state index contributed by atoms with van der Waals surface area (Å²) >= 11 is 0. The highest BCUT2D eigenvalue weighted by Gasteiger charge is 2.52. The number of hydrogen-bond acceptors (Lipinski definition) is 4. The topological polar surface area (TPSA) is 93.8 Å². The van der Waals surface area contributed by atoms with E-state index in [2.05, 4.69) is 52.0 Å². The third-order valence-corrected chi connectivity index (χ3v) is 7.04. The SMILES string of the molecule is CCCN1C(=O)[C@H](CCCCNC(=O)NCC)NC(=O)C12CCN(CCc1ccccc1)CC2. The number of carbonyl (C=O) groups is 3. The molecule has 2 fully saturated rings. The van der Waals surface area contributed by atoms with E-state index < -0.39 is 11.6 Å². The predicted octanol–water partition coefficient (Wildman–Crippen LogP) is 2.29. The predicted molar refractivity (Wildman–Crippen MR) is 133 cm³/mol. The molecular formula is C26H41N5O3. The summed E-state index contributed by atoms with van der Waals surface area (Å²) in [6, 6.07) is 9.83. The zero-order chi connectivity index (χ0) is 24.4. The molecule has 0 bridgehead atoms. The van der Waals surface area contributed by atoms with Crippen LogP contribution in [0, 0.1) is 0 Å². The molecule has 1 aromatic rings. The first-order valence-corrected chi connectivity index (χ1v) is 12.9. The van der Waals surface area contributed by atoms with Gasteiger partial charge in [-0.15, -0.1) is 0 Å². The molecule has 3 N–H and O–H groups in total. The van der Waals surface area contributed by atoms with Crippen molar-refractivity contribution in [3.63, 3.8) is 0 Å². The van der Waals surface area contributed by atoms with Crippen LogP contribution in [-0.2, 0) is 16.0 Å². The molecule has 2 heterocycles. The molecule has 188 valence electrons. The highest BCUT2D eigenvalue weighted by molar-refractivity contribution is 6.00. The number of hydrogen-bond donors (Lipinski definition) is 3. The molecule has 0 aromatic heterocycles. The number of urea groups is 1. The highest BCUT2D eigenvalue weighted by atomic mass is 16.2. The second-order valence-electron chi connectivity index (χ2n) is 9.41. The summed E-state index contributed by atoms with van der Waals surface area (Å²) in [6.45, 7) is 8.32. The van der Waals surface area contributed by atoms with Crippen LogP contribution in [0.1, 0.15) is 57.9 Å². The monoisotopic (exact) mass is 471 g/mol. The molecule has 2 aliphatic heterocycles. The largest absolute Gasteiger partial charge is 0.342 e. The Bertz CT molecular complexity index is 808. The molecule has 8 heteroatoms. The molecule has 0 unspecified atom stereocenters. The summed E-state index contributed by atoms with van der Waals surface area (Å²) in [6.07, 6.45) is 5.33. The van der Waals surface area contributed by atoms with Crippen molar-refractivity contribution in [3.05, 3.63) is 35.9 Å². The number of piperazine rings is 1. The van der Waals surface area contributed by atoms with E-state index in [0.717, 1.165) is 45.3 Å². The molecule has 4 amide bonds. The summed E-state index contributed by atoms with van der Waals surface area (Å²) < 4.78 is 0. The van der Waals surface area contributed by atoms with E-state index in [1.807, 2.05) is 17.9 Å². The lowest BCUT2D eigenvalue weighted by atomic mass is 9.81. The number of benzene rings is 1. The van der Waals surface area contributed by atoms with Gasteiger partial charge in [0.15, 0.2) is 0 Å². The van der Waals surface area contributed by atoms with Crippen LogP contribution in [0.5, 0.6) is 0 Å². The van der Waals surface area contributed by atoms with E-state index in [4.69, 9.17) is 0 Å². The number of likely N-dealkylation sites (tertiary alicyclic amines) is 1. The van der Waals surface area contributed by atoms with Crippen LogP contribution in [0.15, 0.2) is 30.3 Å². The quantitative estimate of drug-likeness (QED) is 0.432. The number of amides is 4. The van der Waals surface area contributed by atoms with Gasteiger partial charge in [0, 0.05) is 39.3 Å². The summed E-state index contributed by atoms with van der Waals surface area (Å²) in [5.41, 5.74) is 0.608. The third kappa shape index (κ3) is 6.50. The van der Waals surface area contributed by atoms with Crippen molar-refractivity contribution >= 4 is 17.8 Å². The smallest absolute Gasteiger partial charge is 0.314 e. The number of carbonyl (C=O) groups excluding carboxylic acids is 3. The summed E-state index contributed by atoms with van der Waals surface area (Å²) in [7, 11) is 0. The molecule has 3 rings (SSSR count). The van der Waals surface area contributed by atoms with Crippen LogP contribution < -0.4 is 16.0 Å². The Morgan fingerprint density at radius 2 is 1.79 bits per heavy atom. The van der Waals surface area contributed by atoms with Crippen LogP contribution in [0.25, 0.3) is 0 Å². The Morgan fingerprint density at radius 1 is 1.06 bits per heavy atom. The van der Waals surface area contributed by atoms with E-state index in [-0.39, 0.29) is 17.8 Å². The van der Waals surface area contributed by atoms with Crippen molar-refractivity contribution in [3.8, 4) is 0 Å². The van der Waals surface area contributed by atoms with E-state index in [1.165, 1.54) is 5.56 Å². The maximum absolute atomic E-state index is 13.4. The first kappa shape index (κ1) is 26.0. The van der Waals surface area contributed by atoms with Crippen molar-refractivity contribution in [2.24, 2.45) is 0 Å². The van der Waals surface area contributed by atoms with Crippen LogP contribution in [0.4, 0.5) is 4.79 Å². The van der Waals surface area contributed by atoms with Gasteiger partial charge in [0.2, 0.25) is 11.8 Å². The van der Waals surface area contributed by atoms with E-state index in [9.17, 15) is 14.4 Å². The molecule has 2 aliphatic rings. The van der Waals surface area contributed by atoms with Crippen molar-refractivity contribution < 1.29 is 14.4 Å². The van der Waals surface area contributed by atoms with Gasteiger partial charge in [0.05, 0.1) is 0 Å². The summed E-state index contributed by atoms with van der Waals surface area (Å²) in [4.78, 5) is 42.5. The van der Waals surface area contributed by atoms with E-state index in [1.54, 1.807) is 0 Å². The number of piperidine rings is 1. The second-order valence-corrected chi connectivity index (χ2v) is 9.41. The van der Waals surface area contributed by atoms with Gasteiger partial charge in [-0.1, -0.05) is 37.3 Å². The lowest BCUT2D eigenvalue weighted by Crippen LogP contribution is -2.72. The van der Waals surface area contributed by atoms with Crippen molar-refractivity contribution in [1.82, 2.24) is 25.8 Å². The van der Waals surface area contributed by atoms with Gasteiger partial charge in [-0.2, -0.15) is 0 Å². The molecule has 0 radical (unpaired) electrons. The normalized spacial score (nSPS) is 20.3. The fourth-order valence-corrected chi connectivity index (χ4v) is 5.09. The lowest BCUT2D eigenvalue weighted by molar-refractivity contribution is -0.161. The maximum Gasteiger partial charge on any atom is 0.314 e. The number of rotatable bonds is 11. The minimum absolute atomic E-state index is 0.00806. The van der Waals surface area contributed by atoms with Crippen molar-refractivity contribution in [2.75, 3.05) is 39.3 Å². The highest BCUT2D eigenvalue weighted by Crippen LogP contribution is 2.34. The average Bonchev–Trinajstić information content (AvgIpc) is 2.85. The minimum atomic E-state index is -0.716. The van der Waals surface area contributed by atoms with Crippen LogP contribution in [-0.4, -0.2) is 78.5 Å². The molecule has 0 saturated carbocycles. The van der Waals surface area contributed by atoms with Gasteiger partial charge in [-0.05, 0) is 57.4 Å². The Balaban J connectivity index is 1.51. The number of unbranched alkanes of at least 4 members (excludes halogenated alkanes) is 1. The Labute approximate surface area is 203 Å². The van der Waals surface area contributed by atoms with Gasteiger partial charge in [0.25, 0.3) is 0 Å². The van der Waals surface area contributed by atoms with Gasteiger partial charge < -0.3 is 25.8 Å². The van der Waals surface area contributed by atoms with Crippen molar-refractivity contribution in [2.45, 2.75) is 70.4 Å². The Morgan fingerprint density at radius 3 is 2.47 bits per heavy atom. The molecule has 34 heavy (non-hydrogen) atoms. The van der Waals surface area contributed by atoms with Crippen molar-refractivity contribution in [1.29, 1.82) is 0 Å². The summed E-state index contributed by atoms with van der Waals surface area (Å²) in [5.74, 6) is 0.0598. The van der Waals surface area contributed by atoms with Gasteiger partial charge in [0.1, 0.15) is 11.6 Å². The standard InChI is InChI=1S/C26H41N5O3/c1-3-17-31-23(32)22(12-8-9-16-28-25(34)27-4-2)29-24(33)26(31)14-19-30(20-15-26)18-13-21-10-6-5-7-11-21/h5-7,10-11,22H,3-4,8-9,12-20H2,1-2H3,(H,29,33)(H2,27,28,34)/t22-/m0/s1. The lowest BCUT2D eigenvalue weighted by Gasteiger charge is -2.51. The Hall–Kier alpha value is -2.61. The number of nitrogens with zero attached hydrogens (tertiary/aromatic N) is 2. The maximum atomic E-state index is 13.4. The molecular weight excluding hydrogens is 430 g/mol. The zero-order valence-corrected chi connectivity index (χ0v) is 20.8. The fraction of sp³-hybridized carbons (Fsp3) is 0.654. The molecule has 0 aliphatic carbocycles.